The highest BCUT2D eigenvalue weighted by Gasteiger charge is 2.44. The molecule has 66 heavy (non-hydrogen) atoms. The summed E-state index contributed by atoms with van der Waals surface area (Å²) >= 11 is 0. The summed E-state index contributed by atoms with van der Waals surface area (Å²) in [4.78, 5) is 0.404. The molecular formula is C55H110O6SSi4. The second-order valence-electron chi connectivity index (χ2n) is 21.9. The topological polar surface area (TPSA) is 71.1 Å². The van der Waals surface area contributed by atoms with Gasteiger partial charge in [-0.1, -0.05) is 113 Å². The summed E-state index contributed by atoms with van der Waals surface area (Å²) in [5.41, 5.74) is 0.255. The fraction of sp³-hybridized carbons (Fsp3) is 0.855. The first-order chi connectivity index (χ1) is 30.9. The number of hydrogen-bond acceptors (Lipinski definition) is 6. The summed E-state index contributed by atoms with van der Waals surface area (Å²) < 4.78 is 57.4. The van der Waals surface area contributed by atoms with Crippen LogP contribution < -0.4 is 0 Å². The minimum absolute atomic E-state index is 0.0937. The van der Waals surface area contributed by atoms with E-state index in [0.717, 1.165) is 125 Å². The Kier molecular flexibility index (Phi) is 28.2. The van der Waals surface area contributed by atoms with Gasteiger partial charge in [-0.2, -0.15) is 0 Å². The third kappa shape index (κ3) is 20.0. The average Bonchev–Trinajstić information content (AvgIpc) is 3.31. The average molecular weight is 1010 g/mol. The number of hydrogen-bond donors (Lipinski definition) is 0. The summed E-state index contributed by atoms with van der Waals surface area (Å²) in [6, 6.07) is 22.5. The van der Waals surface area contributed by atoms with E-state index in [1.165, 1.54) is 23.7 Å². The van der Waals surface area contributed by atoms with Crippen LogP contribution in [0.3, 0.4) is 0 Å². The smallest absolute Gasteiger partial charge is 0.192 e. The monoisotopic (exact) mass is 1010 g/mol. The number of sulfone groups is 1. The fourth-order valence-corrected chi connectivity index (χ4v) is 25.4. The second kappa shape index (κ2) is 29.2. The van der Waals surface area contributed by atoms with E-state index in [-0.39, 0.29) is 22.6 Å². The van der Waals surface area contributed by atoms with Crippen LogP contribution in [0.15, 0.2) is 46.9 Å². The van der Waals surface area contributed by atoms with Crippen molar-refractivity contribution in [2.45, 2.75) is 302 Å². The highest BCUT2D eigenvalue weighted by atomic mass is 32.2. The zero-order chi connectivity index (χ0) is 50.4. The molecule has 0 radical (unpaired) electrons. The molecule has 0 aromatic heterocycles. The Bertz CT molecular complexity index is 1570. The lowest BCUT2D eigenvalue weighted by molar-refractivity contribution is 0.0123. The maximum atomic E-state index is 13.7. The lowest BCUT2D eigenvalue weighted by Gasteiger charge is -2.45. The van der Waals surface area contributed by atoms with Crippen LogP contribution in [0.5, 0.6) is 0 Å². The molecule has 0 bridgehead atoms. The molecule has 1 aromatic rings. The molecule has 1 aromatic carbocycles. The first-order valence-corrected chi connectivity index (χ1v) is 39.4. The van der Waals surface area contributed by atoms with E-state index in [2.05, 4.69) is 131 Å². The van der Waals surface area contributed by atoms with E-state index in [1.807, 2.05) is 18.2 Å². The number of benzene rings is 1. The quantitative estimate of drug-likeness (QED) is 0.0483. The number of rotatable bonds is 39. The summed E-state index contributed by atoms with van der Waals surface area (Å²) in [5.74, 6) is 0.0937. The van der Waals surface area contributed by atoms with Gasteiger partial charge < -0.3 is 17.7 Å². The molecular weight excluding hydrogens is 901 g/mol. The highest BCUT2D eigenvalue weighted by Crippen LogP contribution is 2.42. The second-order valence-corrected chi connectivity index (χ2v) is 42.8. The Hall–Kier alpha value is -0.382. The number of allylic oxidation sites excluding steroid dienone is 2. The summed E-state index contributed by atoms with van der Waals surface area (Å²) in [6.07, 6.45) is 14.1. The van der Waals surface area contributed by atoms with Crippen LogP contribution in [0.25, 0.3) is 0 Å². The molecule has 0 aliphatic heterocycles. The summed E-state index contributed by atoms with van der Waals surface area (Å²) in [6.45, 7) is 42.0. The molecule has 6 nitrogen and oxygen atoms in total. The van der Waals surface area contributed by atoms with Gasteiger partial charge in [0.15, 0.2) is 43.1 Å². The predicted molar refractivity (Wildman–Crippen MR) is 300 cm³/mol. The van der Waals surface area contributed by atoms with Gasteiger partial charge in [-0.25, -0.2) is 8.42 Å². The van der Waals surface area contributed by atoms with Gasteiger partial charge in [0.05, 0.1) is 33.1 Å². The van der Waals surface area contributed by atoms with Crippen molar-refractivity contribution in [3.05, 3.63) is 42.0 Å². The SMILES string of the molecule is CC[Si](CC)(CC)O[C@@](C)(CCC[C@](C)(CCC[C@](C)(CCS(=O)(=O)c1ccccc1)O[Si](CC)(CC)CC)O[Si](CC)(CC)CC)CCC[C@@](C)(CCC=C(C)C)O[Si](CC)(CC)CC. The van der Waals surface area contributed by atoms with Crippen LogP contribution in [-0.4, -0.2) is 69.8 Å². The molecule has 0 spiro atoms. The van der Waals surface area contributed by atoms with Gasteiger partial charge in [0.25, 0.3) is 0 Å². The summed E-state index contributed by atoms with van der Waals surface area (Å²) in [7, 11) is -11.2. The zero-order valence-electron chi connectivity index (χ0n) is 47.0. The van der Waals surface area contributed by atoms with Crippen molar-refractivity contribution in [2.24, 2.45) is 0 Å². The van der Waals surface area contributed by atoms with Gasteiger partial charge in [-0.3, -0.25) is 0 Å². The molecule has 0 saturated carbocycles. The molecule has 11 heteroatoms. The molecule has 0 unspecified atom stereocenters. The van der Waals surface area contributed by atoms with Gasteiger partial charge in [0.1, 0.15) is 0 Å². The third-order valence-corrected chi connectivity index (χ3v) is 37.9. The van der Waals surface area contributed by atoms with Gasteiger partial charge >= 0.3 is 0 Å². The van der Waals surface area contributed by atoms with Crippen LogP contribution in [0, 0.1) is 0 Å². The predicted octanol–water partition coefficient (Wildman–Crippen LogP) is 18.2. The van der Waals surface area contributed by atoms with Crippen LogP contribution >= 0.6 is 0 Å². The maximum absolute atomic E-state index is 13.7. The van der Waals surface area contributed by atoms with Crippen LogP contribution in [0.2, 0.25) is 72.5 Å². The standard InChI is InChI=1S/C55H110O6SSi4/c1-19-63(20-2,21-3)58-52(15,41-34-38-50(13)14)42-35-43-53(16,59-64(22-4,23-5)24-6)44-36-45-54(17,60-65(25-7,26-8)27-9)46-37-47-55(18,61-66(28-10,29-11)30-12)48-49-62(56,57)51-39-32-31-33-40-51/h31-33,38-40H,19-30,34-37,41-49H2,1-18H3/t52-,53-,54-,55-/m1/s1. The van der Waals surface area contributed by atoms with Crippen molar-refractivity contribution in [3.8, 4) is 0 Å². The van der Waals surface area contributed by atoms with E-state index in [1.54, 1.807) is 12.1 Å². The van der Waals surface area contributed by atoms with Crippen LogP contribution in [-0.2, 0) is 27.5 Å². The van der Waals surface area contributed by atoms with E-state index >= 15 is 0 Å². The maximum Gasteiger partial charge on any atom is 0.192 e. The minimum atomic E-state index is -3.44. The van der Waals surface area contributed by atoms with Crippen molar-refractivity contribution < 1.29 is 26.1 Å². The van der Waals surface area contributed by atoms with E-state index in [4.69, 9.17) is 17.7 Å². The molecule has 0 amide bonds. The van der Waals surface area contributed by atoms with E-state index in [9.17, 15) is 8.42 Å². The first kappa shape index (κ1) is 63.6. The molecule has 388 valence electrons. The Balaban J connectivity index is 3.58. The lowest BCUT2D eigenvalue weighted by atomic mass is 9.85. The van der Waals surface area contributed by atoms with Crippen LogP contribution in [0.4, 0.5) is 0 Å². The Labute approximate surface area is 416 Å². The molecule has 4 atom stereocenters. The van der Waals surface area contributed by atoms with Gasteiger partial charge in [0.2, 0.25) is 0 Å². The summed E-state index contributed by atoms with van der Waals surface area (Å²) in [5, 5.41) is 0. The highest BCUT2D eigenvalue weighted by molar-refractivity contribution is 7.91. The van der Waals surface area contributed by atoms with Gasteiger partial charge in [-0.05, 0) is 203 Å². The van der Waals surface area contributed by atoms with Crippen molar-refractivity contribution in [3.63, 3.8) is 0 Å². The van der Waals surface area contributed by atoms with Crippen LogP contribution in [0.1, 0.15) is 202 Å². The molecule has 0 N–H and O–H groups in total. The van der Waals surface area contributed by atoms with E-state index in [0.29, 0.717) is 11.3 Å². The lowest BCUT2D eigenvalue weighted by Crippen LogP contribution is -2.48. The normalized spacial score (nSPS) is 16.9. The minimum Gasteiger partial charge on any atom is -0.412 e. The molecule has 0 aliphatic rings. The molecule has 0 saturated heterocycles. The van der Waals surface area contributed by atoms with E-state index < -0.39 is 48.7 Å². The van der Waals surface area contributed by atoms with Crippen molar-refractivity contribution >= 4 is 43.1 Å². The van der Waals surface area contributed by atoms with Crippen molar-refractivity contribution in [1.29, 1.82) is 0 Å². The Morgan fingerprint density at radius 1 is 0.439 bits per heavy atom. The largest absolute Gasteiger partial charge is 0.412 e. The molecule has 0 heterocycles. The third-order valence-electron chi connectivity index (χ3n) is 17.0. The Morgan fingerprint density at radius 3 is 0.955 bits per heavy atom. The molecule has 1 rings (SSSR count). The molecule has 0 aliphatic carbocycles. The molecule has 0 fully saturated rings. The van der Waals surface area contributed by atoms with Crippen molar-refractivity contribution in [2.75, 3.05) is 5.75 Å². The fourth-order valence-electron chi connectivity index (χ4n) is 11.1. The van der Waals surface area contributed by atoms with Gasteiger partial charge in [0, 0.05) is 0 Å². The first-order valence-electron chi connectivity index (χ1n) is 27.6. The van der Waals surface area contributed by atoms with Crippen molar-refractivity contribution in [1.82, 2.24) is 0 Å². The zero-order valence-corrected chi connectivity index (χ0v) is 51.8. The van der Waals surface area contributed by atoms with Gasteiger partial charge in [-0.15, -0.1) is 0 Å². The Morgan fingerprint density at radius 2 is 0.697 bits per heavy atom.